The number of unbranched alkanes of at least 4 members (excludes halogenated alkanes) is 3. The van der Waals surface area contributed by atoms with Gasteiger partial charge in [-0.3, -0.25) is 4.79 Å². The van der Waals surface area contributed by atoms with Crippen LogP contribution in [0.3, 0.4) is 0 Å². The second-order valence-corrected chi connectivity index (χ2v) is 9.03. The van der Waals surface area contributed by atoms with Gasteiger partial charge in [0.2, 0.25) is 5.91 Å². The van der Waals surface area contributed by atoms with E-state index in [4.69, 9.17) is 10.5 Å². The maximum Gasteiger partial charge on any atom is 0.326 e. The SMILES string of the molecule is C=CCCCCC[C@H](N)C(=O)N1C[C@](OC)(c2ccc(C3C=CC=CC3)cc2)C[C@H]1C(=O)O. The van der Waals surface area contributed by atoms with Crippen molar-refractivity contribution in [3.8, 4) is 0 Å². The van der Waals surface area contributed by atoms with E-state index in [-0.39, 0.29) is 18.9 Å². The van der Waals surface area contributed by atoms with Crippen molar-refractivity contribution >= 4 is 11.9 Å². The van der Waals surface area contributed by atoms with Crippen molar-refractivity contribution in [3.63, 3.8) is 0 Å². The normalized spacial score (nSPS) is 25.2. The van der Waals surface area contributed by atoms with E-state index in [0.717, 1.165) is 37.7 Å². The van der Waals surface area contributed by atoms with E-state index in [2.05, 4.69) is 36.9 Å². The zero-order valence-electron chi connectivity index (χ0n) is 19.5. The summed E-state index contributed by atoms with van der Waals surface area (Å²) in [6.07, 6.45) is 15.8. The van der Waals surface area contributed by atoms with Gasteiger partial charge in [-0.05, 0) is 36.8 Å². The highest BCUT2D eigenvalue weighted by Gasteiger charge is 2.51. The molecule has 3 rings (SSSR count). The number of benzene rings is 1. The molecule has 1 fully saturated rings. The molecule has 2 aliphatic rings. The molecule has 0 saturated carbocycles. The van der Waals surface area contributed by atoms with Gasteiger partial charge < -0.3 is 20.5 Å². The van der Waals surface area contributed by atoms with Gasteiger partial charge in [-0.15, -0.1) is 6.58 Å². The number of amides is 1. The number of carboxylic acid groups (broad SMARTS) is 1. The lowest BCUT2D eigenvalue weighted by atomic mass is 9.87. The molecule has 1 aromatic rings. The number of hydrogen-bond acceptors (Lipinski definition) is 4. The molecule has 178 valence electrons. The molecule has 3 N–H and O–H groups in total. The quantitative estimate of drug-likeness (QED) is 0.386. The van der Waals surface area contributed by atoms with Crippen molar-refractivity contribution < 1.29 is 19.4 Å². The lowest BCUT2D eigenvalue weighted by Gasteiger charge is -2.29. The van der Waals surface area contributed by atoms with Crippen molar-refractivity contribution in [1.82, 2.24) is 4.90 Å². The number of methoxy groups -OCH3 is 1. The van der Waals surface area contributed by atoms with Gasteiger partial charge in [0, 0.05) is 19.4 Å². The van der Waals surface area contributed by atoms with Gasteiger partial charge in [-0.1, -0.05) is 67.5 Å². The third-order valence-corrected chi connectivity index (χ3v) is 6.87. The summed E-state index contributed by atoms with van der Waals surface area (Å²) in [5, 5.41) is 9.86. The first-order chi connectivity index (χ1) is 15.9. The van der Waals surface area contributed by atoms with Crippen molar-refractivity contribution in [1.29, 1.82) is 0 Å². The van der Waals surface area contributed by atoms with E-state index in [1.165, 1.54) is 10.5 Å². The minimum absolute atomic E-state index is 0.175. The number of nitrogens with two attached hydrogens (primary N) is 1. The summed E-state index contributed by atoms with van der Waals surface area (Å²) in [6, 6.07) is 6.46. The summed E-state index contributed by atoms with van der Waals surface area (Å²) in [5.41, 5.74) is 7.39. The number of carbonyl (C=O) groups is 2. The van der Waals surface area contributed by atoms with Crippen molar-refractivity contribution in [2.45, 2.75) is 68.5 Å². The highest BCUT2D eigenvalue weighted by molar-refractivity contribution is 5.87. The Balaban J connectivity index is 1.73. The lowest BCUT2D eigenvalue weighted by molar-refractivity contribution is -0.148. The Bertz CT molecular complexity index is 892. The fourth-order valence-electron chi connectivity index (χ4n) is 4.83. The molecule has 0 bridgehead atoms. The van der Waals surface area contributed by atoms with E-state index in [0.29, 0.717) is 12.3 Å². The molecule has 6 nitrogen and oxygen atoms in total. The van der Waals surface area contributed by atoms with Crippen LogP contribution < -0.4 is 5.73 Å². The molecule has 1 aliphatic carbocycles. The van der Waals surface area contributed by atoms with E-state index < -0.39 is 23.7 Å². The number of likely N-dealkylation sites (tertiary alicyclic amines) is 1. The highest BCUT2D eigenvalue weighted by atomic mass is 16.5. The van der Waals surface area contributed by atoms with Crippen LogP contribution in [0.25, 0.3) is 0 Å². The average Bonchev–Trinajstić information content (AvgIpc) is 3.26. The number of ether oxygens (including phenoxy) is 1. The summed E-state index contributed by atoms with van der Waals surface area (Å²) in [5.74, 6) is -1.02. The molecular weight excluding hydrogens is 416 g/mol. The first-order valence-corrected chi connectivity index (χ1v) is 11.8. The van der Waals surface area contributed by atoms with Gasteiger partial charge in [0.25, 0.3) is 0 Å². The first kappa shape index (κ1) is 24.9. The number of aliphatic carboxylic acids is 1. The Morgan fingerprint density at radius 3 is 2.64 bits per heavy atom. The van der Waals surface area contributed by atoms with E-state index >= 15 is 0 Å². The van der Waals surface area contributed by atoms with Crippen LogP contribution in [-0.4, -0.2) is 47.6 Å². The number of rotatable bonds is 11. The zero-order chi connectivity index (χ0) is 23.8. The third-order valence-electron chi connectivity index (χ3n) is 6.87. The van der Waals surface area contributed by atoms with Crippen LogP contribution in [0.15, 0.2) is 61.2 Å². The monoisotopic (exact) mass is 452 g/mol. The molecule has 1 aliphatic heterocycles. The fraction of sp³-hybridized carbons (Fsp3) is 0.481. The van der Waals surface area contributed by atoms with Crippen LogP contribution in [0.2, 0.25) is 0 Å². The Labute approximate surface area is 196 Å². The van der Waals surface area contributed by atoms with Crippen LogP contribution in [0, 0.1) is 0 Å². The second-order valence-electron chi connectivity index (χ2n) is 9.03. The van der Waals surface area contributed by atoms with E-state index in [9.17, 15) is 14.7 Å². The number of hydrogen-bond donors (Lipinski definition) is 2. The van der Waals surface area contributed by atoms with Crippen molar-refractivity contribution in [2.24, 2.45) is 5.73 Å². The molecule has 1 saturated heterocycles. The molecule has 0 radical (unpaired) electrons. The standard InChI is InChI=1S/C27H36N2O4/c1-3-4-5-6-10-13-23(28)25(30)29-19-27(33-2,18-24(29)26(31)32)22-16-14-21(15-17-22)20-11-8-7-9-12-20/h3,7-9,11,14-17,20,23-24H,1,4-6,10,12-13,18-19,28H2,2H3,(H,31,32)/t20?,23-,24-,27-/m0/s1. The molecular formula is C27H36N2O4. The van der Waals surface area contributed by atoms with Crippen LogP contribution >= 0.6 is 0 Å². The molecule has 0 spiro atoms. The minimum Gasteiger partial charge on any atom is -0.480 e. The number of nitrogens with zero attached hydrogens (tertiary/aromatic N) is 1. The van der Waals surface area contributed by atoms with Crippen LogP contribution in [-0.2, 0) is 19.9 Å². The molecule has 1 aromatic carbocycles. The highest BCUT2D eigenvalue weighted by Crippen LogP contribution is 2.40. The van der Waals surface area contributed by atoms with E-state index in [1.807, 2.05) is 24.3 Å². The predicted molar refractivity (Wildman–Crippen MR) is 130 cm³/mol. The second kappa shape index (κ2) is 11.4. The van der Waals surface area contributed by atoms with Crippen LogP contribution in [0.1, 0.15) is 62.0 Å². The predicted octanol–water partition coefficient (Wildman–Crippen LogP) is 4.28. The largest absolute Gasteiger partial charge is 0.480 e. The Hall–Kier alpha value is -2.70. The molecule has 0 aromatic heterocycles. The Morgan fingerprint density at radius 1 is 1.27 bits per heavy atom. The van der Waals surface area contributed by atoms with Gasteiger partial charge in [0.05, 0.1) is 12.6 Å². The zero-order valence-corrected chi connectivity index (χ0v) is 19.5. The summed E-state index contributed by atoms with van der Waals surface area (Å²) in [4.78, 5) is 26.6. The topological polar surface area (TPSA) is 92.9 Å². The summed E-state index contributed by atoms with van der Waals surface area (Å²) in [6.45, 7) is 3.89. The van der Waals surface area contributed by atoms with E-state index in [1.54, 1.807) is 7.11 Å². The smallest absolute Gasteiger partial charge is 0.326 e. The Morgan fingerprint density at radius 2 is 2.03 bits per heavy atom. The number of carboxylic acids is 1. The van der Waals surface area contributed by atoms with Crippen molar-refractivity contribution in [3.05, 3.63) is 72.4 Å². The first-order valence-electron chi connectivity index (χ1n) is 11.8. The van der Waals surface area contributed by atoms with Gasteiger partial charge in [0.15, 0.2) is 0 Å². The molecule has 1 heterocycles. The number of carbonyl (C=O) groups excluding carboxylic acids is 1. The van der Waals surface area contributed by atoms with Gasteiger partial charge in [-0.2, -0.15) is 0 Å². The molecule has 1 amide bonds. The molecule has 33 heavy (non-hydrogen) atoms. The van der Waals surface area contributed by atoms with Crippen LogP contribution in [0.4, 0.5) is 0 Å². The van der Waals surface area contributed by atoms with Crippen molar-refractivity contribution in [2.75, 3.05) is 13.7 Å². The molecule has 4 atom stereocenters. The summed E-state index contributed by atoms with van der Waals surface area (Å²) in [7, 11) is 1.58. The third kappa shape index (κ3) is 5.81. The summed E-state index contributed by atoms with van der Waals surface area (Å²) >= 11 is 0. The fourth-order valence-corrected chi connectivity index (χ4v) is 4.83. The maximum atomic E-state index is 13.1. The maximum absolute atomic E-state index is 13.1. The van der Waals surface area contributed by atoms with Gasteiger partial charge in [-0.25, -0.2) is 4.79 Å². The molecule has 6 heteroatoms. The average molecular weight is 453 g/mol. The van der Waals surface area contributed by atoms with Gasteiger partial charge in [0.1, 0.15) is 11.6 Å². The number of allylic oxidation sites excluding steroid dienone is 5. The lowest BCUT2D eigenvalue weighted by Crippen LogP contribution is -2.49. The summed E-state index contributed by atoms with van der Waals surface area (Å²) < 4.78 is 5.90. The molecule has 1 unspecified atom stereocenters. The Kier molecular flexibility index (Phi) is 8.64. The minimum atomic E-state index is -1.03. The van der Waals surface area contributed by atoms with Gasteiger partial charge >= 0.3 is 5.97 Å². The van der Waals surface area contributed by atoms with Crippen LogP contribution in [0.5, 0.6) is 0 Å².